The number of carboxylic acids is 1. The van der Waals surface area contributed by atoms with E-state index in [0.717, 1.165) is 11.6 Å². The lowest BCUT2D eigenvalue weighted by Gasteiger charge is -2.09. The van der Waals surface area contributed by atoms with Crippen LogP contribution in [0.1, 0.15) is 17.0 Å². The first kappa shape index (κ1) is 18.1. The Balaban J connectivity index is 0.000000621. The maximum atomic E-state index is 9.25. The lowest BCUT2D eigenvalue weighted by atomic mass is 10.0. The van der Waals surface area contributed by atoms with Gasteiger partial charge in [-0.2, -0.15) is 0 Å². The first-order valence-electron chi connectivity index (χ1n) is 5.98. The van der Waals surface area contributed by atoms with Gasteiger partial charge < -0.3 is 20.4 Å². The SMILES string of the molecule is C=CC(=O)O.OCCc1nnnc(CCO)c1CCO. The second-order valence-electron chi connectivity index (χ2n) is 3.62. The van der Waals surface area contributed by atoms with Crippen LogP contribution in [0.15, 0.2) is 12.7 Å². The van der Waals surface area contributed by atoms with Crippen molar-refractivity contribution in [2.45, 2.75) is 19.3 Å². The number of aliphatic carboxylic acids is 1. The summed E-state index contributed by atoms with van der Waals surface area (Å²) in [5, 5.41) is 45.4. The van der Waals surface area contributed by atoms with Crippen LogP contribution in [0.3, 0.4) is 0 Å². The van der Waals surface area contributed by atoms with Gasteiger partial charge in [-0.3, -0.25) is 0 Å². The predicted octanol–water partition coefficient (Wildman–Crippen LogP) is -1.27. The molecule has 4 N–H and O–H groups in total. The molecule has 0 bridgehead atoms. The van der Waals surface area contributed by atoms with E-state index in [0.29, 0.717) is 30.7 Å². The third-order valence-corrected chi connectivity index (χ3v) is 2.26. The summed E-state index contributed by atoms with van der Waals surface area (Å²) < 4.78 is 0. The molecule has 0 aliphatic heterocycles. The number of aliphatic hydroxyl groups excluding tert-OH is 3. The highest BCUT2D eigenvalue weighted by molar-refractivity contribution is 5.78. The van der Waals surface area contributed by atoms with Crippen LogP contribution < -0.4 is 0 Å². The number of aliphatic hydroxyl groups is 3. The van der Waals surface area contributed by atoms with Crippen LogP contribution in [0.5, 0.6) is 0 Å². The summed E-state index contributed by atoms with van der Waals surface area (Å²) in [5.74, 6) is -0.981. The first-order valence-corrected chi connectivity index (χ1v) is 5.98. The summed E-state index contributed by atoms with van der Waals surface area (Å²) in [4.78, 5) is 9.25. The second-order valence-corrected chi connectivity index (χ2v) is 3.62. The van der Waals surface area contributed by atoms with Gasteiger partial charge in [-0.25, -0.2) is 4.79 Å². The maximum absolute atomic E-state index is 9.25. The van der Waals surface area contributed by atoms with E-state index in [2.05, 4.69) is 22.0 Å². The van der Waals surface area contributed by atoms with Crippen molar-refractivity contribution < 1.29 is 25.2 Å². The van der Waals surface area contributed by atoms with E-state index < -0.39 is 5.97 Å². The quantitative estimate of drug-likeness (QED) is 0.455. The molecule has 1 aromatic rings. The minimum atomic E-state index is -0.981. The summed E-state index contributed by atoms with van der Waals surface area (Å²) in [5.41, 5.74) is 2.07. The number of hydrogen-bond acceptors (Lipinski definition) is 7. The Morgan fingerprint density at radius 1 is 1.00 bits per heavy atom. The number of carbonyl (C=O) groups is 1. The lowest BCUT2D eigenvalue weighted by molar-refractivity contribution is -0.131. The molecule has 112 valence electrons. The Hall–Kier alpha value is -1.90. The molecule has 0 unspecified atom stereocenters. The maximum Gasteiger partial charge on any atom is 0.327 e. The van der Waals surface area contributed by atoms with Gasteiger partial charge in [0.25, 0.3) is 0 Å². The molecular formula is C12H19N3O5. The zero-order valence-electron chi connectivity index (χ0n) is 11.1. The zero-order valence-corrected chi connectivity index (χ0v) is 11.1. The zero-order chi connectivity index (χ0) is 15.4. The van der Waals surface area contributed by atoms with Crippen molar-refractivity contribution in [3.63, 3.8) is 0 Å². The topological polar surface area (TPSA) is 137 Å². The molecule has 0 saturated carbocycles. The number of nitrogens with zero attached hydrogens (tertiary/aromatic N) is 3. The van der Waals surface area contributed by atoms with Gasteiger partial charge in [0.15, 0.2) is 0 Å². The molecule has 1 aromatic heterocycles. The highest BCUT2D eigenvalue weighted by Gasteiger charge is 2.11. The average Bonchev–Trinajstić information content (AvgIpc) is 2.43. The Kier molecular flexibility index (Phi) is 9.93. The van der Waals surface area contributed by atoms with E-state index in [4.69, 9.17) is 20.4 Å². The normalized spacial score (nSPS) is 9.55. The number of hydrogen-bond donors (Lipinski definition) is 4. The number of carboxylic acid groups (broad SMARTS) is 1. The summed E-state index contributed by atoms with van der Waals surface area (Å²) in [6.45, 7) is 2.91. The molecule has 8 nitrogen and oxygen atoms in total. The molecule has 0 spiro atoms. The van der Waals surface area contributed by atoms with Crippen LogP contribution in [0, 0.1) is 0 Å². The second kappa shape index (κ2) is 11.0. The van der Waals surface area contributed by atoms with Gasteiger partial charge in [0.2, 0.25) is 0 Å². The van der Waals surface area contributed by atoms with Gasteiger partial charge in [-0.05, 0) is 11.6 Å². The Bertz CT molecular complexity index is 401. The van der Waals surface area contributed by atoms with E-state index in [-0.39, 0.29) is 19.8 Å². The monoisotopic (exact) mass is 285 g/mol. The van der Waals surface area contributed by atoms with Gasteiger partial charge in [0.05, 0.1) is 11.4 Å². The summed E-state index contributed by atoms with van der Waals surface area (Å²) >= 11 is 0. The van der Waals surface area contributed by atoms with Crippen molar-refractivity contribution in [2.24, 2.45) is 0 Å². The average molecular weight is 285 g/mol. The molecule has 20 heavy (non-hydrogen) atoms. The van der Waals surface area contributed by atoms with Crippen molar-refractivity contribution in [3.8, 4) is 0 Å². The smallest absolute Gasteiger partial charge is 0.327 e. The first-order chi connectivity index (χ1) is 9.60. The highest BCUT2D eigenvalue weighted by atomic mass is 16.4. The van der Waals surface area contributed by atoms with Crippen LogP contribution in [0.2, 0.25) is 0 Å². The van der Waals surface area contributed by atoms with E-state index in [1.165, 1.54) is 0 Å². The summed E-state index contributed by atoms with van der Waals surface area (Å²) in [7, 11) is 0. The van der Waals surface area contributed by atoms with Gasteiger partial charge in [0, 0.05) is 44.3 Å². The molecule has 0 saturated heterocycles. The molecule has 0 radical (unpaired) electrons. The van der Waals surface area contributed by atoms with Crippen molar-refractivity contribution >= 4 is 5.97 Å². The van der Waals surface area contributed by atoms with Crippen LogP contribution in [0.4, 0.5) is 0 Å². The van der Waals surface area contributed by atoms with Crippen molar-refractivity contribution in [3.05, 3.63) is 29.6 Å². The van der Waals surface area contributed by atoms with E-state index in [1.807, 2.05) is 0 Å². The fourth-order valence-corrected chi connectivity index (χ4v) is 1.43. The fourth-order valence-electron chi connectivity index (χ4n) is 1.43. The lowest BCUT2D eigenvalue weighted by Crippen LogP contribution is -2.12. The summed E-state index contributed by atoms with van der Waals surface area (Å²) in [6.07, 6.45) is 2.04. The number of aromatic nitrogens is 3. The Morgan fingerprint density at radius 3 is 1.70 bits per heavy atom. The van der Waals surface area contributed by atoms with Crippen LogP contribution in [-0.4, -0.2) is 61.6 Å². The molecule has 0 fully saturated rings. The van der Waals surface area contributed by atoms with Gasteiger partial charge >= 0.3 is 5.97 Å². The summed E-state index contributed by atoms with van der Waals surface area (Å²) in [6, 6.07) is 0. The van der Waals surface area contributed by atoms with Crippen LogP contribution >= 0.6 is 0 Å². The largest absolute Gasteiger partial charge is 0.478 e. The molecular weight excluding hydrogens is 266 g/mol. The fraction of sp³-hybridized carbons (Fsp3) is 0.500. The minimum Gasteiger partial charge on any atom is -0.478 e. The number of rotatable bonds is 7. The Labute approximate surface area is 116 Å². The minimum absolute atomic E-state index is 0.00969. The van der Waals surface area contributed by atoms with E-state index in [1.54, 1.807) is 0 Å². The molecule has 1 heterocycles. The van der Waals surface area contributed by atoms with Crippen molar-refractivity contribution in [1.29, 1.82) is 0 Å². The third kappa shape index (κ3) is 6.88. The van der Waals surface area contributed by atoms with Crippen LogP contribution in [0.25, 0.3) is 0 Å². The van der Waals surface area contributed by atoms with E-state index in [9.17, 15) is 4.79 Å². The molecule has 1 rings (SSSR count). The molecule has 0 amide bonds. The third-order valence-electron chi connectivity index (χ3n) is 2.26. The molecule has 0 aromatic carbocycles. The van der Waals surface area contributed by atoms with Gasteiger partial charge in [0.1, 0.15) is 0 Å². The van der Waals surface area contributed by atoms with E-state index >= 15 is 0 Å². The molecule has 0 atom stereocenters. The molecule has 0 aliphatic carbocycles. The standard InChI is InChI=1S/C9H15N3O3.C3H4O2/c13-4-1-7-8(2-5-14)10-12-11-9(7)3-6-15;1-2-3(4)5/h13-15H,1-6H2;2H,1H2,(H,4,5). The Morgan fingerprint density at radius 2 is 1.40 bits per heavy atom. The highest BCUT2D eigenvalue weighted by Crippen LogP contribution is 2.11. The molecule has 0 aliphatic rings. The molecule has 8 heteroatoms. The van der Waals surface area contributed by atoms with Crippen molar-refractivity contribution in [2.75, 3.05) is 19.8 Å². The van der Waals surface area contributed by atoms with Crippen molar-refractivity contribution in [1.82, 2.24) is 15.4 Å². The van der Waals surface area contributed by atoms with Gasteiger partial charge in [-0.1, -0.05) is 6.58 Å². The van der Waals surface area contributed by atoms with Crippen LogP contribution in [-0.2, 0) is 24.1 Å². The van der Waals surface area contributed by atoms with Gasteiger partial charge in [-0.15, -0.1) is 10.2 Å². The predicted molar refractivity (Wildman–Crippen MR) is 70.0 cm³/mol.